The first-order valence-electron chi connectivity index (χ1n) is 11.2. The van der Waals surface area contributed by atoms with Crippen LogP contribution < -0.4 is 14.8 Å². The van der Waals surface area contributed by atoms with Crippen molar-refractivity contribution in [2.24, 2.45) is 0 Å². The van der Waals surface area contributed by atoms with Crippen molar-refractivity contribution in [2.75, 3.05) is 26.1 Å². The van der Waals surface area contributed by atoms with Crippen molar-refractivity contribution in [3.8, 4) is 11.5 Å². The molecule has 0 unspecified atom stereocenters. The average molecular weight is 499 g/mol. The molecule has 8 nitrogen and oxygen atoms in total. The predicted molar refractivity (Wildman–Crippen MR) is 135 cm³/mol. The Morgan fingerprint density at radius 1 is 0.971 bits per heavy atom. The van der Waals surface area contributed by atoms with Crippen molar-refractivity contribution in [1.29, 1.82) is 0 Å². The van der Waals surface area contributed by atoms with E-state index in [2.05, 4.69) is 34.1 Å². The van der Waals surface area contributed by atoms with E-state index in [1.54, 1.807) is 36.6 Å². The van der Waals surface area contributed by atoms with Crippen molar-refractivity contribution >= 4 is 29.0 Å². The molecule has 2 aromatic heterocycles. The Balaban J connectivity index is 1.78. The average Bonchev–Trinajstić information content (AvgIpc) is 3.23. The highest BCUT2D eigenvalue weighted by Gasteiger charge is 2.16. The molecule has 35 heavy (non-hydrogen) atoms. The highest BCUT2D eigenvalue weighted by molar-refractivity contribution is 7.11. The van der Waals surface area contributed by atoms with Crippen LogP contribution in [0.25, 0.3) is 0 Å². The monoisotopic (exact) mass is 498 g/mol. The fourth-order valence-electron chi connectivity index (χ4n) is 3.39. The number of carbonyl (C=O) groups excluding carboxylic acids is 2. The molecule has 2 atom stereocenters. The summed E-state index contributed by atoms with van der Waals surface area (Å²) in [6.07, 6.45) is 1.77. The zero-order valence-corrected chi connectivity index (χ0v) is 21.3. The molecule has 0 radical (unpaired) electrons. The number of anilines is 1. The van der Waals surface area contributed by atoms with Crippen LogP contribution in [0, 0.1) is 6.92 Å². The van der Waals surface area contributed by atoms with E-state index >= 15 is 0 Å². The maximum atomic E-state index is 13.0. The molecule has 2 heterocycles. The van der Waals surface area contributed by atoms with Gasteiger partial charge in [0.25, 0.3) is 5.91 Å². The fourth-order valence-corrected chi connectivity index (χ4v) is 4.39. The van der Waals surface area contributed by atoms with Gasteiger partial charge in [-0.1, -0.05) is 0 Å². The van der Waals surface area contributed by atoms with Crippen molar-refractivity contribution in [1.82, 2.24) is 4.98 Å². The van der Waals surface area contributed by atoms with Crippen LogP contribution in [0.5, 0.6) is 11.5 Å². The minimum atomic E-state index is -0.501. The molecule has 0 fully saturated rings. The SMILES string of the molecule is COC[C@H](C)Oc1cc(O[C@@H](C)Cc2ccc(C)s2)cc(C(=O)Nc2ccc(C(=O)OC)cn2)c1. The predicted octanol–water partition coefficient (Wildman–Crippen LogP) is 4.91. The van der Waals surface area contributed by atoms with Crippen LogP contribution in [0.3, 0.4) is 0 Å². The van der Waals surface area contributed by atoms with Crippen molar-refractivity contribution in [3.63, 3.8) is 0 Å². The van der Waals surface area contributed by atoms with Crippen LogP contribution in [0.2, 0.25) is 0 Å². The number of pyridine rings is 1. The molecule has 1 aromatic carbocycles. The first kappa shape index (κ1) is 26.2. The molecule has 9 heteroatoms. The number of ether oxygens (including phenoxy) is 4. The van der Waals surface area contributed by atoms with Crippen LogP contribution in [-0.2, 0) is 15.9 Å². The number of hydrogen-bond donors (Lipinski definition) is 1. The van der Waals surface area contributed by atoms with Gasteiger partial charge in [0.15, 0.2) is 0 Å². The van der Waals surface area contributed by atoms with E-state index < -0.39 is 5.97 Å². The van der Waals surface area contributed by atoms with Gasteiger partial charge in [0.05, 0.1) is 19.3 Å². The number of nitrogens with zero attached hydrogens (tertiary/aromatic N) is 1. The molecule has 1 N–H and O–H groups in total. The van der Waals surface area contributed by atoms with Gasteiger partial charge < -0.3 is 24.3 Å². The van der Waals surface area contributed by atoms with Crippen LogP contribution in [0.4, 0.5) is 5.82 Å². The standard InChI is InChI=1S/C26H30N2O6S/c1-16(10-23-8-6-18(3)35-23)33-21-11-20(12-22(13-21)34-17(2)15-31-4)25(29)28-24-9-7-19(14-27-24)26(30)32-5/h6-9,11-14,16-17H,10,15H2,1-5H3,(H,27,28,29)/t16-,17-/m0/s1. The van der Waals surface area contributed by atoms with Crippen molar-refractivity contribution < 1.29 is 28.5 Å². The number of thiophene rings is 1. The lowest BCUT2D eigenvalue weighted by molar-refractivity contribution is 0.0600. The minimum Gasteiger partial charge on any atom is -0.490 e. The number of hydrogen-bond acceptors (Lipinski definition) is 8. The Bertz CT molecular complexity index is 1140. The number of esters is 1. The second-order valence-electron chi connectivity index (χ2n) is 8.10. The van der Waals surface area contributed by atoms with Gasteiger partial charge in [0.2, 0.25) is 0 Å². The van der Waals surface area contributed by atoms with Crippen LogP contribution >= 0.6 is 11.3 Å². The van der Waals surface area contributed by atoms with E-state index in [1.165, 1.54) is 35.2 Å². The number of aromatic nitrogens is 1. The summed E-state index contributed by atoms with van der Waals surface area (Å²) in [5.74, 6) is 0.418. The molecule has 3 rings (SSSR count). The third-order valence-electron chi connectivity index (χ3n) is 4.93. The van der Waals surface area contributed by atoms with Crippen LogP contribution in [0.15, 0.2) is 48.7 Å². The third-order valence-corrected chi connectivity index (χ3v) is 5.95. The van der Waals surface area contributed by atoms with E-state index in [0.29, 0.717) is 35.1 Å². The lowest BCUT2D eigenvalue weighted by atomic mass is 10.1. The summed E-state index contributed by atoms with van der Waals surface area (Å²) in [4.78, 5) is 31.2. The highest BCUT2D eigenvalue weighted by Crippen LogP contribution is 2.27. The fraction of sp³-hybridized carbons (Fsp3) is 0.346. The minimum absolute atomic E-state index is 0.108. The van der Waals surface area contributed by atoms with E-state index in [0.717, 1.165) is 6.42 Å². The molecular weight excluding hydrogens is 468 g/mol. The van der Waals surface area contributed by atoms with E-state index in [4.69, 9.17) is 14.2 Å². The molecule has 0 aliphatic heterocycles. The summed E-state index contributed by atoms with van der Waals surface area (Å²) in [6, 6.07) is 12.3. The molecule has 186 valence electrons. The topological polar surface area (TPSA) is 96.0 Å². The van der Waals surface area contributed by atoms with Gasteiger partial charge in [-0.05, 0) is 57.2 Å². The number of aryl methyl sites for hydroxylation is 1. The van der Waals surface area contributed by atoms with Gasteiger partial charge in [0.1, 0.15) is 29.5 Å². The first-order valence-corrected chi connectivity index (χ1v) is 12.0. The largest absolute Gasteiger partial charge is 0.490 e. The Labute approximate surface area is 209 Å². The van der Waals surface area contributed by atoms with Crippen LogP contribution in [-0.4, -0.2) is 49.9 Å². The lowest BCUT2D eigenvalue weighted by Gasteiger charge is -2.18. The molecule has 0 bridgehead atoms. The molecule has 0 spiro atoms. The summed E-state index contributed by atoms with van der Waals surface area (Å²) < 4.78 is 21.9. The maximum Gasteiger partial charge on any atom is 0.339 e. The molecule has 3 aromatic rings. The Kier molecular flexibility index (Phi) is 9.22. The number of rotatable bonds is 11. The molecule has 0 saturated heterocycles. The molecule has 0 aliphatic carbocycles. The Hall–Kier alpha value is -3.43. The normalized spacial score (nSPS) is 12.5. The molecule has 1 amide bonds. The highest BCUT2D eigenvalue weighted by atomic mass is 32.1. The summed E-state index contributed by atoms with van der Waals surface area (Å²) >= 11 is 1.74. The number of nitrogens with one attached hydrogen (secondary N) is 1. The summed E-state index contributed by atoms with van der Waals surface area (Å²) in [6.45, 7) is 6.34. The number of carbonyl (C=O) groups is 2. The van der Waals surface area contributed by atoms with E-state index in [9.17, 15) is 9.59 Å². The molecular formula is C26H30N2O6S. The zero-order valence-electron chi connectivity index (χ0n) is 20.5. The third kappa shape index (κ3) is 7.80. The van der Waals surface area contributed by atoms with Gasteiger partial charge in [-0.3, -0.25) is 4.79 Å². The second kappa shape index (κ2) is 12.3. The van der Waals surface area contributed by atoms with Crippen molar-refractivity contribution in [2.45, 2.75) is 39.4 Å². The van der Waals surface area contributed by atoms with E-state index in [1.807, 2.05) is 13.8 Å². The Morgan fingerprint density at radius 2 is 1.69 bits per heavy atom. The quantitative estimate of drug-likeness (QED) is 0.375. The van der Waals surface area contributed by atoms with Gasteiger partial charge >= 0.3 is 5.97 Å². The van der Waals surface area contributed by atoms with Crippen LogP contribution in [0.1, 0.15) is 44.3 Å². The maximum absolute atomic E-state index is 13.0. The second-order valence-corrected chi connectivity index (χ2v) is 9.47. The smallest absolute Gasteiger partial charge is 0.339 e. The summed E-state index contributed by atoms with van der Waals surface area (Å²) in [5.41, 5.74) is 0.638. The molecule has 0 aliphatic rings. The lowest BCUT2D eigenvalue weighted by Crippen LogP contribution is -2.19. The van der Waals surface area contributed by atoms with Crippen molar-refractivity contribution in [3.05, 3.63) is 69.5 Å². The first-order chi connectivity index (χ1) is 16.8. The summed E-state index contributed by atoms with van der Waals surface area (Å²) in [7, 11) is 2.90. The number of methoxy groups -OCH3 is 2. The van der Waals surface area contributed by atoms with Gasteiger partial charge in [0, 0.05) is 41.1 Å². The number of benzene rings is 1. The molecule has 0 saturated carbocycles. The van der Waals surface area contributed by atoms with E-state index in [-0.39, 0.29) is 18.1 Å². The van der Waals surface area contributed by atoms with Gasteiger partial charge in [-0.15, -0.1) is 11.3 Å². The van der Waals surface area contributed by atoms with Gasteiger partial charge in [-0.25, -0.2) is 9.78 Å². The number of amides is 1. The zero-order chi connectivity index (χ0) is 25.4. The summed E-state index contributed by atoms with van der Waals surface area (Å²) in [5, 5.41) is 2.73. The Morgan fingerprint density at radius 3 is 2.26 bits per heavy atom. The van der Waals surface area contributed by atoms with Gasteiger partial charge in [-0.2, -0.15) is 0 Å².